The van der Waals surface area contributed by atoms with Gasteiger partial charge in [0.15, 0.2) is 0 Å². The second-order valence-electron chi connectivity index (χ2n) is 6.24. The Morgan fingerprint density at radius 1 is 1.03 bits per heavy atom. The van der Waals surface area contributed by atoms with Gasteiger partial charge in [0, 0.05) is 18.5 Å². The van der Waals surface area contributed by atoms with Crippen molar-refractivity contribution in [2.24, 2.45) is 0 Å². The molecule has 0 atom stereocenters. The number of nitrogens with one attached hydrogen (secondary N) is 2. The van der Waals surface area contributed by atoms with Gasteiger partial charge in [-0.3, -0.25) is 4.72 Å². The summed E-state index contributed by atoms with van der Waals surface area (Å²) in [6.07, 6.45) is -2.47. The minimum Gasteiger partial charge on any atom is -0.359 e. The first-order valence-corrected chi connectivity index (χ1v) is 9.75. The second-order valence-corrected chi connectivity index (χ2v) is 7.93. The summed E-state index contributed by atoms with van der Waals surface area (Å²) in [7, 11) is -4.42. The number of benzene rings is 1. The number of aromatic amines is 1. The number of sulfonamides is 1. The van der Waals surface area contributed by atoms with Gasteiger partial charge in [0.25, 0.3) is 10.0 Å². The number of rotatable bonds is 4. The summed E-state index contributed by atoms with van der Waals surface area (Å²) < 4.78 is 94.0. The van der Waals surface area contributed by atoms with E-state index in [4.69, 9.17) is 0 Å². The van der Waals surface area contributed by atoms with Crippen LogP contribution in [0.3, 0.4) is 0 Å². The van der Waals surface area contributed by atoms with Crippen LogP contribution in [0.25, 0.3) is 16.9 Å². The molecular weight excluding hydrogens is 431 g/mol. The predicted octanol–water partition coefficient (Wildman–Crippen LogP) is 4.43. The van der Waals surface area contributed by atoms with Crippen LogP contribution in [0, 0.1) is 11.6 Å². The van der Waals surface area contributed by atoms with Crippen molar-refractivity contribution in [2.45, 2.75) is 11.1 Å². The summed E-state index contributed by atoms with van der Waals surface area (Å²) >= 11 is 0. The quantitative estimate of drug-likeness (QED) is 0.459. The SMILES string of the molecule is O=S(=O)(Nc1cc(F)c(C(F)(F)F)cc1F)c1c[nH]c(-c2ccc3cccnn23)c1. The molecule has 0 unspecified atom stereocenters. The lowest BCUT2D eigenvalue weighted by Gasteiger charge is -2.12. The Morgan fingerprint density at radius 2 is 1.80 bits per heavy atom. The van der Waals surface area contributed by atoms with E-state index in [1.165, 1.54) is 6.07 Å². The van der Waals surface area contributed by atoms with Crippen LogP contribution in [0.2, 0.25) is 0 Å². The van der Waals surface area contributed by atoms with Gasteiger partial charge in [-0.1, -0.05) is 0 Å². The van der Waals surface area contributed by atoms with Crippen LogP contribution < -0.4 is 4.72 Å². The number of halogens is 5. The Morgan fingerprint density at radius 3 is 2.53 bits per heavy atom. The van der Waals surface area contributed by atoms with Crippen molar-refractivity contribution in [1.29, 1.82) is 0 Å². The molecule has 4 aromatic rings. The average molecular weight is 442 g/mol. The van der Waals surface area contributed by atoms with Crippen LogP contribution in [0.1, 0.15) is 5.56 Å². The third-order valence-corrected chi connectivity index (χ3v) is 5.61. The van der Waals surface area contributed by atoms with E-state index in [1.54, 1.807) is 39.7 Å². The van der Waals surface area contributed by atoms with Gasteiger partial charge in [-0.15, -0.1) is 0 Å². The second kappa shape index (κ2) is 6.83. The first-order valence-electron chi connectivity index (χ1n) is 8.27. The molecule has 0 fully saturated rings. The standard InChI is InChI=1S/C18H11F5N4O2S/c19-13-8-15(14(20)7-12(13)18(21,22)23)26-30(28,29)11-6-16(24-9-11)17-4-3-10-2-1-5-25-27(10)17/h1-9,24,26H. The Bertz CT molecular complexity index is 1360. The van der Waals surface area contributed by atoms with E-state index in [1.807, 2.05) is 0 Å². The summed E-state index contributed by atoms with van der Waals surface area (Å²) in [5, 5.41) is 4.15. The van der Waals surface area contributed by atoms with E-state index >= 15 is 0 Å². The van der Waals surface area contributed by atoms with E-state index < -0.39 is 39.1 Å². The molecule has 0 aliphatic carbocycles. The van der Waals surface area contributed by atoms with Crippen molar-refractivity contribution in [3.8, 4) is 11.4 Å². The number of H-pyrrole nitrogens is 1. The maximum atomic E-state index is 14.0. The monoisotopic (exact) mass is 442 g/mol. The number of aromatic nitrogens is 3. The highest BCUT2D eigenvalue weighted by Gasteiger charge is 2.35. The Kier molecular flexibility index (Phi) is 4.53. The van der Waals surface area contributed by atoms with Gasteiger partial charge >= 0.3 is 6.18 Å². The Labute approximate surface area is 166 Å². The predicted molar refractivity (Wildman–Crippen MR) is 97.1 cm³/mol. The van der Waals surface area contributed by atoms with Gasteiger partial charge in [-0.2, -0.15) is 18.3 Å². The molecule has 6 nitrogen and oxygen atoms in total. The van der Waals surface area contributed by atoms with Crippen molar-refractivity contribution < 1.29 is 30.4 Å². The fourth-order valence-corrected chi connectivity index (χ4v) is 3.92. The zero-order valence-electron chi connectivity index (χ0n) is 14.7. The molecule has 12 heteroatoms. The topological polar surface area (TPSA) is 79.3 Å². The molecule has 2 N–H and O–H groups in total. The maximum absolute atomic E-state index is 14.0. The number of hydrogen-bond acceptors (Lipinski definition) is 3. The van der Waals surface area contributed by atoms with E-state index in [0.29, 0.717) is 11.4 Å². The van der Waals surface area contributed by atoms with Crippen molar-refractivity contribution in [3.63, 3.8) is 0 Å². The van der Waals surface area contributed by atoms with Gasteiger partial charge in [-0.05, 0) is 36.4 Å². The summed E-state index contributed by atoms with van der Waals surface area (Å²) in [6, 6.07) is 8.25. The summed E-state index contributed by atoms with van der Waals surface area (Å²) in [5.74, 6) is -3.37. The Balaban J connectivity index is 1.67. The zero-order valence-corrected chi connectivity index (χ0v) is 15.5. The molecule has 0 saturated carbocycles. The number of anilines is 1. The molecular formula is C18H11F5N4O2S. The molecule has 0 saturated heterocycles. The van der Waals surface area contributed by atoms with E-state index in [9.17, 15) is 30.4 Å². The van der Waals surface area contributed by atoms with E-state index in [2.05, 4.69) is 10.1 Å². The number of nitrogens with zero attached hydrogens (tertiary/aromatic N) is 2. The van der Waals surface area contributed by atoms with Crippen molar-refractivity contribution in [2.75, 3.05) is 4.72 Å². The first kappa shape index (κ1) is 19.9. The third kappa shape index (κ3) is 3.49. The van der Waals surface area contributed by atoms with Crippen molar-refractivity contribution >= 4 is 21.2 Å². The molecule has 3 aromatic heterocycles. The Hall–Kier alpha value is -3.41. The molecule has 0 amide bonds. The minimum absolute atomic E-state index is 0.103. The van der Waals surface area contributed by atoms with Gasteiger partial charge in [0.05, 0.1) is 28.2 Å². The minimum atomic E-state index is -5.12. The number of hydrogen-bond donors (Lipinski definition) is 2. The number of fused-ring (bicyclic) bond motifs is 1. The summed E-state index contributed by atoms with van der Waals surface area (Å²) in [6.45, 7) is 0. The van der Waals surface area contributed by atoms with Crippen LogP contribution in [0.15, 0.2) is 59.8 Å². The van der Waals surface area contributed by atoms with Crippen LogP contribution >= 0.6 is 0 Å². The highest BCUT2D eigenvalue weighted by Crippen LogP contribution is 2.34. The van der Waals surface area contributed by atoms with Gasteiger partial charge in [0.2, 0.25) is 0 Å². The lowest BCUT2D eigenvalue weighted by atomic mass is 10.2. The largest absolute Gasteiger partial charge is 0.419 e. The fraction of sp³-hybridized carbons (Fsp3) is 0.0556. The van der Waals surface area contributed by atoms with Crippen LogP contribution in [-0.4, -0.2) is 23.0 Å². The molecule has 0 aliphatic heterocycles. The van der Waals surface area contributed by atoms with Crippen molar-refractivity contribution in [1.82, 2.24) is 14.6 Å². The van der Waals surface area contributed by atoms with Gasteiger partial charge in [0.1, 0.15) is 16.5 Å². The maximum Gasteiger partial charge on any atom is 0.419 e. The number of alkyl halides is 3. The molecule has 0 radical (unpaired) electrons. The average Bonchev–Trinajstić information content (AvgIpc) is 3.30. The lowest BCUT2D eigenvalue weighted by molar-refractivity contribution is -0.140. The molecule has 156 valence electrons. The van der Waals surface area contributed by atoms with E-state index in [-0.39, 0.29) is 17.0 Å². The molecule has 0 spiro atoms. The summed E-state index contributed by atoms with van der Waals surface area (Å²) in [5.41, 5.74) is -1.11. The first-order chi connectivity index (χ1) is 14.1. The molecule has 1 aromatic carbocycles. The zero-order chi connectivity index (χ0) is 21.7. The van der Waals surface area contributed by atoms with Crippen LogP contribution in [0.4, 0.5) is 27.6 Å². The molecule has 3 heterocycles. The molecule has 0 aliphatic rings. The lowest BCUT2D eigenvalue weighted by Crippen LogP contribution is -2.15. The third-order valence-electron chi connectivity index (χ3n) is 4.27. The molecule has 30 heavy (non-hydrogen) atoms. The van der Waals surface area contributed by atoms with Crippen molar-refractivity contribution in [3.05, 3.63) is 72.1 Å². The summed E-state index contributed by atoms with van der Waals surface area (Å²) in [4.78, 5) is 2.42. The molecule has 4 rings (SSSR count). The van der Waals surface area contributed by atoms with Crippen LogP contribution in [-0.2, 0) is 16.2 Å². The van der Waals surface area contributed by atoms with Gasteiger partial charge < -0.3 is 4.98 Å². The van der Waals surface area contributed by atoms with E-state index in [0.717, 1.165) is 11.7 Å². The van der Waals surface area contributed by atoms with Crippen LogP contribution in [0.5, 0.6) is 0 Å². The highest BCUT2D eigenvalue weighted by molar-refractivity contribution is 7.92. The molecule has 0 bridgehead atoms. The normalized spacial score (nSPS) is 12.4. The fourth-order valence-electron chi connectivity index (χ4n) is 2.87. The highest BCUT2D eigenvalue weighted by atomic mass is 32.2. The van der Waals surface area contributed by atoms with Gasteiger partial charge in [-0.25, -0.2) is 21.7 Å². The smallest absolute Gasteiger partial charge is 0.359 e.